The summed E-state index contributed by atoms with van der Waals surface area (Å²) in [7, 11) is 0.403. The van der Waals surface area contributed by atoms with Crippen molar-refractivity contribution in [3.63, 3.8) is 0 Å². The quantitative estimate of drug-likeness (QED) is 0.314. The Bertz CT molecular complexity index is 1740. The topological polar surface area (TPSA) is 133 Å². The first-order valence-electron chi connectivity index (χ1n) is 13.8. The van der Waals surface area contributed by atoms with Gasteiger partial charge in [0.1, 0.15) is 17.2 Å². The van der Waals surface area contributed by atoms with Crippen LogP contribution in [-0.4, -0.2) is 81.4 Å². The number of aryl methyl sites for hydroxylation is 1. The Morgan fingerprint density at radius 1 is 1.07 bits per heavy atom. The predicted octanol–water partition coefficient (Wildman–Crippen LogP) is 3.73. The van der Waals surface area contributed by atoms with E-state index in [-0.39, 0.29) is 5.95 Å². The number of fused-ring (bicyclic) bond motifs is 2. The van der Waals surface area contributed by atoms with E-state index in [1.54, 1.807) is 7.11 Å². The van der Waals surface area contributed by atoms with Crippen molar-refractivity contribution in [1.82, 2.24) is 19.9 Å². The molecule has 0 spiro atoms. The predicted molar refractivity (Wildman–Crippen MR) is 165 cm³/mol. The van der Waals surface area contributed by atoms with E-state index in [9.17, 15) is 8.42 Å². The highest BCUT2D eigenvalue weighted by atomic mass is 32.2. The summed E-state index contributed by atoms with van der Waals surface area (Å²) in [4.78, 5) is 17.1. The summed E-state index contributed by atoms with van der Waals surface area (Å²) >= 11 is 0. The second-order valence-corrected chi connectivity index (χ2v) is 12.8. The SMILES string of the molecule is COc1cc(N2CCCN(C)CC2)c(C)cc1-c1c[nH]c2nc(N)nc(Nc3cccc4c3N(S(C)(=O)=O)CC4)c12. The second kappa shape index (κ2) is 10.4. The standard InChI is InChI=1S/C29H36N8O3S/c1-18-15-20(24(40-3)16-23(18)36-11-6-10-35(2)13-14-36)21-17-31-27-25(21)28(34-29(30)33-27)32-22-8-5-7-19-9-12-37(26(19)22)41(4,38)39/h5,7-8,15-17H,6,9-14H2,1-4H3,(H4,30,31,32,33,34). The Labute approximate surface area is 240 Å². The lowest BCUT2D eigenvalue weighted by molar-refractivity contribution is 0.360. The minimum absolute atomic E-state index is 0.102. The van der Waals surface area contributed by atoms with E-state index in [2.05, 4.69) is 56.2 Å². The molecular weight excluding hydrogens is 540 g/mol. The maximum Gasteiger partial charge on any atom is 0.232 e. The number of sulfonamides is 1. The van der Waals surface area contributed by atoms with Gasteiger partial charge in [0.15, 0.2) is 0 Å². The zero-order valence-corrected chi connectivity index (χ0v) is 24.7. The number of ether oxygens (including phenoxy) is 1. The fourth-order valence-corrected chi connectivity index (χ4v) is 6.99. The Morgan fingerprint density at radius 2 is 1.90 bits per heavy atom. The van der Waals surface area contributed by atoms with Crippen molar-refractivity contribution in [3.8, 4) is 16.9 Å². The monoisotopic (exact) mass is 576 g/mol. The van der Waals surface area contributed by atoms with Crippen LogP contribution >= 0.6 is 0 Å². The van der Waals surface area contributed by atoms with Crippen LogP contribution in [0, 0.1) is 6.92 Å². The van der Waals surface area contributed by atoms with E-state index in [4.69, 9.17) is 10.5 Å². The molecule has 6 rings (SSSR count). The summed E-state index contributed by atoms with van der Waals surface area (Å²) in [6, 6.07) is 10.00. The van der Waals surface area contributed by atoms with E-state index >= 15 is 0 Å². The molecule has 2 aromatic carbocycles. The molecule has 0 aliphatic carbocycles. The van der Waals surface area contributed by atoms with Crippen molar-refractivity contribution in [1.29, 1.82) is 0 Å². The van der Waals surface area contributed by atoms with Gasteiger partial charge in [-0.15, -0.1) is 0 Å². The lowest BCUT2D eigenvalue weighted by Crippen LogP contribution is -2.29. The first-order chi connectivity index (χ1) is 19.6. The van der Waals surface area contributed by atoms with Gasteiger partial charge < -0.3 is 30.6 Å². The molecule has 11 nitrogen and oxygen atoms in total. The number of benzene rings is 2. The molecule has 1 fully saturated rings. The number of rotatable bonds is 6. The largest absolute Gasteiger partial charge is 0.496 e. The van der Waals surface area contributed by atoms with Gasteiger partial charge in [-0.3, -0.25) is 4.31 Å². The highest BCUT2D eigenvalue weighted by Gasteiger charge is 2.29. The Kier molecular flexibility index (Phi) is 6.90. The number of hydrogen-bond donors (Lipinski definition) is 3. The number of para-hydroxylation sites is 1. The Morgan fingerprint density at radius 3 is 2.68 bits per heavy atom. The van der Waals surface area contributed by atoms with E-state index in [0.717, 1.165) is 66.0 Å². The van der Waals surface area contributed by atoms with E-state index in [1.807, 2.05) is 24.4 Å². The van der Waals surface area contributed by atoms with Gasteiger partial charge in [-0.25, -0.2) is 8.42 Å². The summed E-state index contributed by atoms with van der Waals surface area (Å²) in [5.74, 6) is 1.33. The zero-order chi connectivity index (χ0) is 28.9. The molecule has 0 unspecified atom stereocenters. The van der Waals surface area contributed by atoms with Gasteiger partial charge in [-0.2, -0.15) is 9.97 Å². The number of anilines is 5. The minimum atomic E-state index is -3.45. The third-order valence-corrected chi connectivity index (χ3v) is 9.19. The van der Waals surface area contributed by atoms with Crippen molar-refractivity contribution in [2.24, 2.45) is 0 Å². The number of hydrogen-bond acceptors (Lipinski definition) is 9. The molecule has 0 amide bonds. The lowest BCUT2D eigenvalue weighted by Gasteiger charge is -2.26. The molecule has 4 heterocycles. The Balaban J connectivity index is 1.45. The van der Waals surface area contributed by atoms with Gasteiger partial charge in [-0.05, 0) is 56.6 Å². The maximum absolute atomic E-state index is 12.6. The fourth-order valence-electron chi connectivity index (χ4n) is 6.02. The van der Waals surface area contributed by atoms with Gasteiger partial charge in [0.05, 0.1) is 30.1 Å². The normalized spacial score (nSPS) is 16.2. The molecule has 4 N–H and O–H groups in total. The van der Waals surface area contributed by atoms with Crippen LogP contribution in [0.4, 0.5) is 28.8 Å². The maximum atomic E-state index is 12.6. The highest BCUT2D eigenvalue weighted by molar-refractivity contribution is 7.92. The average molecular weight is 577 g/mol. The van der Waals surface area contributed by atoms with Crippen LogP contribution < -0.4 is 25.0 Å². The first-order valence-corrected chi connectivity index (χ1v) is 15.6. The number of aromatic nitrogens is 3. The number of methoxy groups -OCH3 is 1. The number of likely N-dealkylation sites (N-methyl/N-ethyl adjacent to an activating group) is 1. The van der Waals surface area contributed by atoms with Crippen LogP contribution in [0.2, 0.25) is 0 Å². The van der Waals surface area contributed by atoms with E-state index in [0.29, 0.717) is 35.8 Å². The number of nitrogen functional groups attached to an aromatic ring is 1. The smallest absolute Gasteiger partial charge is 0.232 e. The highest BCUT2D eigenvalue weighted by Crippen LogP contribution is 2.43. The molecule has 0 saturated carbocycles. The van der Waals surface area contributed by atoms with Crippen LogP contribution in [0.3, 0.4) is 0 Å². The number of H-pyrrole nitrogens is 1. The lowest BCUT2D eigenvalue weighted by atomic mass is 10.00. The van der Waals surface area contributed by atoms with Gasteiger partial charge in [0, 0.05) is 55.3 Å². The summed E-state index contributed by atoms with van der Waals surface area (Å²) < 4.78 is 32.5. The van der Waals surface area contributed by atoms with Crippen molar-refractivity contribution >= 4 is 49.9 Å². The van der Waals surface area contributed by atoms with Crippen molar-refractivity contribution < 1.29 is 13.2 Å². The Hall–Kier alpha value is -4.03. The minimum Gasteiger partial charge on any atom is -0.496 e. The van der Waals surface area contributed by atoms with Crippen LogP contribution in [0.15, 0.2) is 36.5 Å². The molecule has 2 aromatic heterocycles. The van der Waals surface area contributed by atoms with Gasteiger partial charge in [-0.1, -0.05) is 12.1 Å². The molecule has 2 aliphatic heterocycles. The van der Waals surface area contributed by atoms with Crippen molar-refractivity contribution in [2.45, 2.75) is 19.8 Å². The molecule has 0 bridgehead atoms. The molecule has 0 radical (unpaired) electrons. The van der Waals surface area contributed by atoms with Crippen molar-refractivity contribution in [3.05, 3.63) is 47.7 Å². The summed E-state index contributed by atoms with van der Waals surface area (Å²) in [5.41, 5.74) is 13.0. The van der Waals surface area contributed by atoms with Crippen LogP contribution in [0.25, 0.3) is 22.2 Å². The molecule has 41 heavy (non-hydrogen) atoms. The molecule has 0 atom stereocenters. The third kappa shape index (κ3) is 5.02. The summed E-state index contributed by atoms with van der Waals surface area (Å²) in [6.45, 7) is 6.58. The molecule has 2 aliphatic rings. The van der Waals surface area contributed by atoms with E-state index < -0.39 is 10.0 Å². The van der Waals surface area contributed by atoms with Crippen LogP contribution in [0.1, 0.15) is 17.5 Å². The van der Waals surface area contributed by atoms with Crippen LogP contribution in [0.5, 0.6) is 5.75 Å². The summed E-state index contributed by atoms with van der Waals surface area (Å²) in [5, 5.41) is 4.14. The van der Waals surface area contributed by atoms with Crippen molar-refractivity contribution in [2.75, 3.05) is 73.4 Å². The fraction of sp³-hybridized carbons (Fsp3) is 0.379. The van der Waals surface area contributed by atoms with Gasteiger partial charge in [0.25, 0.3) is 0 Å². The van der Waals surface area contributed by atoms with E-state index in [1.165, 1.54) is 16.2 Å². The number of aromatic amines is 1. The molecule has 12 heteroatoms. The van der Waals surface area contributed by atoms with Gasteiger partial charge in [0.2, 0.25) is 16.0 Å². The average Bonchev–Trinajstić information content (AvgIpc) is 3.50. The molecule has 216 valence electrons. The molecule has 4 aromatic rings. The van der Waals surface area contributed by atoms with Gasteiger partial charge >= 0.3 is 0 Å². The molecule has 1 saturated heterocycles. The summed E-state index contributed by atoms with van der Waals surface area (Å²) in [6.07, 6.45) is 4.87. The van der Waals surface area contributed by atoms with Crippen LogP contribution in [-0.2, 0) is 16.4 Å². The second-order valence-electron chi connectivity index (χ2n) is 10.9. The third-order valence-electron chi connectivity index (χ3n) is 8.02. The number of nitrogens with zero attached hydrogens (tertiary/aromatic N) is 5. The zero-order valence-electron chi connectivity index (χ0n) is 23.9. The number of nitrogens with two attached hydrogens (primary N) is 1. The molecular formula is C29H36N8O3S. The number of nitrogens with one attached hydrogen (secondary N) is 2. The first kappa shape index (κ1) is 27.2.